The van der Waals surface area contributed by atoms with Crippen LogP contribution in [0.1, 0.15) is 58.9 Å². The molecule has 0 unspecified atom stereocenters. The Kier molecular flexibility index (Phi) is 6.18. The minimum Gasteiger partial charge on any atom is -0.477 e. The number of hydrogen-bond donors (Lipinski definition) is 2. The van der Waals surface area contributed by atoms with Gasteiger partial charge in [-0.05, 0) is 55.2 Å². The first-order chi connectivity index (χ1) is 19.0. The van der Waals surface area contributed by atoms with Crippen molar-refractivity contribution in [1.82, 2.24) is 29.9 Å². The molecule has 1 saturated carbocycles. The van der Waals surface area contributed by atoms with Crippen molar-refractivity contribution in [1.29, 1.82) is 0 Å². The molecule has 2 N–H and O–H groups in total. The summed E-state index contributed by atoms with van der Waals surface area (Å²) >= 11 is 0. The molecule has 1 aliphatic carbocycles. The lowest BCUT2D eigenvalue weighted by molar-refractivity contribution is 0.0490. The van der Waals surface area contributed by atoms with Gasteiger partial charge in [0.05, 0.1) is 18.8 Å². The van der Waals surface area contributed by atoms with Crippen molar-refractivity contribution in [2.24, 2.45) is 5.92 Å². The predicted molar refractivity (Wildman–Crippen MR) is 141 cm³/mol. The number of hydrogen-bond acceptors (Lipinski definition) is 6. The van der Waals surface area contributed by atoms with Gasteiger partial charge in [0.25, 0.3) is 11.5 Å². The third-order valence-electron chi connectivity index (χ3n) is 8.67. The highest BCUT2D eigenvalue weighted by molar-refractivity contribution is 5.95. The van der Waals surface area contributed by atoms with E-state index in [4.69, 9.17) is 14.5 Å². The highest BCUT2D eigenvalue weighted by Gasteiger charge is 2.37. The Hall–Kier alpha value is -3.60. The summed E-state index contributed by atoms with van der Waals surface area (Å²) < 4.78 is 11.5. The third-order valence-corrected chi connectivity index (χ3v) is 8.67. The maximum absolute atomic E-state index is 13.6. The minimum atomic E-state index is -0.0971. The van der Waals surface area contributed by atoms with Gasteiger partial charge in [0.15, 0.2) is 0 Å². The van der Waals surface area contributed by atoms with Gasteiger partial charge in [0.2, 0.25) is 5.88 Å². The van der Waals surface area contributed by atoms with E-state index in [1.54, 1.807) is 11.0 Å². The van der Waals surface area contributed by atoms with Crippen LogP contribution in [0.15, 0.2) is 28.1 Å². The highest BCUT2D eigenvalue weighted by atomic mass is 16.5. The van der Waals surface area contributed by atoms with E-state index in [1.807, 2.05) is 15.9 Å². The first-order valence-corrected chi connectivity index (χ1v) is 14.1. The van der Waals surface area contributed by atoms with Gasteiger partial charge < -0.3 is 29.3 Å². The van der Waals surface area contributed by atoms with Gasteiger partial charge in [-0.2, -0.15) is 0 Å². The number of H-pyrrole nitrogens is 2. The predicted octanol–water partition coefficient (Wildman–Crippen LogP) is 2.03. The van der Waals surface area contributed by atoms with E-state index >= 15 is 0 Å². The van der Waals surface area contributed by atoms with Crippen molar-refractivity contribution in [3.63, 3.8) is 0 Å². The average molecular weight is 535 g/mol. The van der Waals surface area contributed by atoms with Gasteiger partial charge in [-0.25, -0.2) is 9.78 Å². The molecule has 11 heteroatoms. The first kappa shape index (κ1) is 24.4. The first-order valence-electron chi connectivity index (χ1n) is 14.1. The number of urea groups is 1. The second kappa shape index (κ2) is 9.86. The molecule has 0 spiro atoms. The number of pyridine rings is 1. The van der Waals surface area contributed by atoms with E-state index in [1.165, 1.54) is 0 Å². The smallest absolute Gasteiger partial charge is 0.320 e. The molecule has 0 aromatic carbocycles. The molecule has 0 atom stereocenters. The number of rotatable bonds is 5. The largest absolute Gasteiger partial charge is 0.477 e. The highest BCUT2D eigenvalue weighted by Crippen LogP contribution is 2.40. The summed E-state index contributed by atoms with van der Waals surface area (Å²) in [6, 6.07) is 3.71. The molecule has 6 heterocycles. The van der Waals surface area contributed by atoms with Crippen LogP contribution in [-0.4, -0.2) is 94.4 Å². The van der Waals surface area contributed by atoms with Crippen LogP contribution < -0.4 is 10.3 Å². The summed E-state index contributed by atoms with van der Waals surface area (Å²) in [6.07, 6.45) is 4.74. The molecule has 0 radical (unpaired) electrons. The molecule has 39 heavy (non-hydrogen) atoms. The number of aromatic nitrogens is 3. The van der Waals surface area contributed by atoms with Gasteiger partial charge in [-0.15, -0.1) is 0 Å². The Bertz CT molecular complexity index is 1370. The molecule has 11 nitrogen and oxygen atoms in total. The summed E-state index contributed by atoms with van der Waals surface area (Å²) in [5.74, 6) is 1.40. The maximum atomic E-state index is 13.6. The van der Waals surface area contributed by atoms with Gasteiger partial charge in [0.1, 0.15) is 0 Å². The number of nitrogens with zero attached hydrogens (tertiary/aromatic N) is 4. The monoisotopic (exact) mass is 534 g/mol. The van der Waals surface area contributed by atoms with Crippen molar-refractivity contribution in [3.8, 4) is 5.88 Å². The fourth-order valence-corrected chi connectivity index (χ4v) is 6.17. The molecule has 7 rings (SSSR count). The number of carbonyl (C=O) groups excluding carboxylic acids is 2. The molecule has 5 aliphatic rings. The SMILES string of the molecule is O=C(c1cc(OCC2CCOCC2)nc(C2CC2)c1)N1CC2=C(C1)CN(C(=O)N1CCc3c([nH][nH]c3=O)C1)C2. The third kappa shape index (κ3) is 4.84. The van der Waals surface area contributed by atoms with Crippen LogP contribution >= 0.6 is 0 Å². The molecule has 3 amide bonds. The zero-order chi connectivity index (χ0) is 26.5. The Morgan fingerprint density at radius 2 is 1.69 bits per heavy atom. The summed E-state index contributed by atoms with van der Waals surface area (Å²) in [5.41, 5.74) is 5.32. The van der Waals surface area contributed by atoms with Gasteiger partial charge in [-0.3, -0.25) is 14.7 Å². The Labute approximate surface area is 226 Å². The number of ether oxygens (including phenoxy) is 2. The zero-order valence-corrected chi connectivity index (χ0v) is 22.0. The van der Waals surface area contributed by atoms with Crippen LogP contribution in [0.25, 0.3) is 0 Å². The molecular weight excluding hydrogens is 500 g/mol. The zero-order valence-electron chi connectivity index (χ0n) is 22.0. The summed E-state index contributed by atoms with van der Waals surface area (Å²) in [4.78, 5) is 48.9. The van der Waals surface area contributed by atoms with Crippen molar-refractivity contribution >= 4 is 11.9 Å². The fraction of sp³-hybridized carbons (Fsp3) is 0.571. The van der Waals surface area contributed by atoms with Gasteiger partial charge in [0, 0.05) is 74.7 Å². The minimum absolute atomic E-state index is 0.0116. The van der Waals surface area contributed by atoms with E-state index in [2.05, 4.69) is 10.2 Å². The summed E-state index contributed by atoms with van der Waals surface area (Å²) in [5, 5.41) is 5.51. The lowest BCUT2D eigenvalue weighted by Crippen LogP contribution is -2.46. The van der Waals surface area contributed by atoms with E-state index in [9.17, 15) is 14.4 Å². The van der Waals surface area contributed by atoms with Gasteiger partial charge in [-0.1, -0.05) is 0 Å². The van der Waals surface area contributed by atoms with Crippen molar-refractivity contribution in [3.05, 3.63) is 56.1 Å². The lowest BCUT2D eigenvalue weighted by atomic mass is 10.0. The maximum Gasteiger partial charge on any atom is 0.320 e. The Balaban J connectivity index is 0.980. The van der Waals surface area contributed by atoms with E-state index in [0.29, 0.717) is 75.6 Å². The topological polar surface area (TPSA) is 124 Å². The standard InChI is InChI=1S/C28H34N6O5/c35-26-22-3-6-32(15-24(22)30-31-26)28(37)34-13-20-11-33(12-21(20)14-34)27(36)19-9-23(18-1-2-18)29-25(10-19)39-16-17-4-7-38-8-5-17/h9-10,17-18H,1-8,11-16H2,(H2,30,31,35). The molecular formula is C28H34N6O5. The van der Waals surface area contributed by atoms with Crippen LogP contribution in [0.2, 0.25) is 0 Å². The molecule has 0 bridgehead atoms. The van der Waals surface area contributed by atoms with Gasteiger partial charge >= 0.3 is 6.03 Å². The van der Waals surface area contributed by atoms with Crippen LogP contribution in [0.5, 0.6) is 5.88 Å². The van der Waals surface area contributed by atoms with E-state index in [-0.39, 0.29) is 17.5 Å². The number of amides is 3. The fourth-order valence-electron chi connectivity index (χ4n) is 6.17. The number of aromatic amines is 2. The average Bonchev–Trinajstić information content (AvgIpc) is 3.49. The van der Waals surface area contributed by atoms with Crippen molar-refractivity contribution in [2.75, 3.05) is 52.5 Å². The molecule has 2 fully saturated rings. The lowest BCUT2D eigenvalue weighted by Gasteiger charge is -2.31. The van der Waals surface area contributed by atoms with E-state index < -0.39 is 0 Å². The van der Waals surface area contributed by atoms with Crippen LogP contribution in [0.3, 0.4) is 0 Å². The van der Waals surface area contributed by atoms with E-state index in [0.717, 1.165) is 67.0 Å². The molecule has 1 saturated heterocycles. The van der Waals surface area contributed by atoms with Crippen molar-refractivity contribution in [2.45, 2.75) is 44.6 Å². The number of fused-ring (bicyclic) bond motifs is 1. The molecule has 4 aliphatic heterocycles. The quantitative estimate of drug-likeness (QED) is 0.566. The number of carbonyl (C=O) groups is 2. The Morgan fingerprint density at radius 1 is 0.949 bits per heavy atom. The van der Waals surface area contributed by atoms with Crippen LogP contribution in [0, 0.1) is 5.92 Å². The normalized spacial score (nSPS) is 21.4. The summed E-state index contributed by atoms with van der Waals surface area (Å²) in [6.45, 7) is 5.22. The molecule has 2 aromatic rings. The summed E-state index contributed by atoms with van der Waals surface area (Å²) in [7, 11) is 0. The molecule has 206 valence electrons. The van der Waals surface area contributed by atoms with Crippen LogP contribution in [0.4, 0.5) is 4.79 Å². The number of nitrogens with one attached hydrogen (secondary N) is 2. The van der Waals surface area contributed by atoms with Crippen molar-refractivity contribution < 1.29 is 19.1 Å². The second-order valence-electron chi connectivity index (χ2n) is 11.5. The molecule has 2 aromatic heterocycles. The Morgan fingerprint density at radius 3 is 2.44 bits per heavy atom. The second-order valence-corrected chi connectivity index (χ2v) is 11.5. The van der Waals surface area contributed by atoms with Crippen LogP contribution in [-0.2, 0) is 17.7 Å².